The number of hydrogen-bond donors (Lipinski definition) is 0. The van der Waals surface area contributed by atoms with Crippen LogP contribution in [0.25, 0.3) is 0 Å². The summed E-state index contributed by atoms with van der Waals surface area (Å²) in [6.07, 6.45) is 0.725. The van der Waals surface area contributed by atoms with E-state index in [1.807, 2.05) is 13.8 Å². The Kier molecular flexibility index (Phi) is 6.75. The van der Waals surface area contributed by atoms with Gasteiger partial charge in [-0.05, 0) is 12.3 Å². The van der Waals surface area contributed by atoms with Gasteiger partial charge in [0.1, 0.15) is 0 Å². The Morgan fingerprint density at radius 1 is 1.20 bits per heavy atom. The van der Waals surface area contributed by atoms with Crippen molar-refractivity contribution in [3.8, 4) is 0 Å². The molecule has 0 fully saturated rings. The molecule has 0 amide bonds. The summed E-state index contributed by atoms with van der Waals surface area (Å²) in [6.45, 7) is -1.16. The molecular formula is C10H13BF3K. The molecule has 0 bridgehead atoms. The van der Waals surface area contributed by atoms with E-state index in [9.17, 15) is 12.9 Å². The Hall–Kier alpha value is 0.711. The van der Waals surface area contributed by atoms with Crippen molar-refractivity contribution in [2.24, 2.45) is 0 Å². The molecule has 0 radical (unpaired) electrons. The van der Waals surface area contributed by atoms with E-state index in [1.165, 1.54) is 12.1 Å². The molecule has 1 atom stereocenters. The van der Waals surface area contributed by atoms with Gasteiger partial charge in [0, 0.05) is 0 Å². The second-order valence-electron chi connectivity index (χ2n) is 3.51. The van der Waals surface area contributed by atoms with E-state index in [0.29, 0.717) is 5.56 Å². The molecule has 0 saturated heterocycles. The van der Waals surface area contributed by atoms with Crippen molar-refractivity contribution in [2.45, 2.75) is 26.2 Å². The summed E-state index contributed by atoms with van der Waals surface area (Å²) in [7, 11) is 0. The molecule has 1 rings (SSSR count). The average molecular weight is 240 g/mol. The van der Waals surface area contributed by atoms with Gasteiger partial charge >= 0.3 is 58.4 Å². The Morgan fingerprint density at radius 3 is 2.20 bits per heavy atom. The Bertz CT molecular complexity index is 312. The second-order valence-corrected chi connectivity index (χ2v) is 3.51. The summed E-state index contributed by atoms with van der Waals surface area (Å²) in [5, 5.41) is 0. The SMILES string of the molecule is CCC(C)c1ccccc1[B-](F)(F)F.[K+]. The third kappa shape index (κ3) is 4.23. The maximum absolute atomic E-state index is 12.6. The third-order valence-corrected chi connectivity index (χ3v) is 2.49. The van der Waals surface area contributed by atoms with Crippen LogP contribution in [0.3, 0.4) is 0 Å². The molecule has 0 nitrogen and oxygen atoms in total. The molecule has 1 aromatic carbocycles. The topological polar surface area (TPSA) is 0 Å². The van der Waals surface area contributed by atoms with Gasteiger partial charge in [-0.1, -0.05) is 43.7 Å². The molecule has 0 saturated carbocycles. The van der Waals surface area contributed by atoms with E-state index in [4.69, 9.17) is 0 Å². The van der Waals surface area contributed by atoms with E-state index in [-0.39, 0.29) is 57.3 Å². The molecule has 0 heterocycles. The van der Waals surface area contributed by atoms with Crippen LogP contribution in [0.2, 0.25) is 0 Å². The maximum Gasteiger partial charge on any atom is 1.00 e. The molecule has 1 aromatic rings. The molecular weight excluding hydrogens is 227 g/mol. The summed E-state index contributed by atoms with van der Waals surface area (Å²) in [6, 6.07) is 5.84. The van der Waals surface area contributed by atoms with E-state index in [1.54, 1.807) is 12.1 Å². The molecule has 0 aliphatic carbocycles. The number of rotatable bonds is 3. The van der Waals surface area contributed by atoms with Crippen LogP contribution >= 0.6 is 0 Å². The number of halogens is 3. The fourth-order valence-corrected chi connectivity index (χ4v) is 1.48. The minimum absolute atomic E-state index is 0. The van der Waals surface area contributed by atoms with E-state index >= 15 is 0 Å². The third-order valence-electron chi connectivity index (χ3n) is 2.49. The van der Waals surface area contributed by atoms with Crippen molar-refractivity contribution in [2.75, 3.05) is 0 Å². The van der Waals surface area contributed by atoms with Gasteiger partial charge in [0.25, 0.3) is 0 Å². The average Bonchev–Trinajstić information content (AvgIpc) is 2.15. The fraction of sp³-hybridized carbons (Fsp3) is 0.400. The molecule has 0 N–H and O–H groups in total. The van der Waals surface area contributed by atoms with E-state index < -0.39 is 12.4 Å². The largest absolute Gasteiger partial charge is 1.00 e. The van der Waals surface area contributed by atoms with Crippen molar-refractivity contribution in [1.29, 1.82) is 0 Å². The first-order valence-corrected chi connectivity index (χ1v) is 4.75. The first-order valence-electron chi connectivity index (χ1n) is 4.75. The fourth-order valence-electron chi connectivity index (χ4n) is 1.48. The predicted octanol–water partition coefficient (Wildman–Crippen LogP) is 0.258. The molecule has 0 aromatic heterocycles. The summed E-state index contributed by atoms with van der Waals surface area (Å²) in [5.41, 5.74) is -0.0237. The van der Waals surface area contributed by atoms with Crippen molar-refractivity contribution in [3.63, 3.8) is 0 Å². The Labute approximate surface area is 131 Å². The molecule has 78 valence electrons. The van der Waals surface area contributed by atoms with Crippen molar-refractivity contribution < 1.29 is 64.3 Å². The summed E-state index contributed by atoms with van der Waals surface area (Å²) in [4.78, 5) is 0. The molecule has 5 heteroatoms. The van der Waals surface area contributed by atoms with Gasteiger partial charge in [-0.15, -0.1) is 5.46 Å². The van der Waals surface area contributed by atoms with Gasteiger partial charge in [0.15, 0.2) is 0 Å². The van der Waals surface area contributed by atoms with E-state index in [2.05, 4.69) is 0 Å². The van der Waals surface area contributed by atoms with Crippen LogP contribution in [0.15, 0.2) is 24.3 Å². The molecule has 0 aliphatic heterocycles. The second kappa shape index (κ2) is 6.45. The normalized spacial score (nSPS) is 13.1. The van der Waals surface area contributed by atoms with Crippen LogP contribution in [-0.2, 0) is 0 Å². The van der Waals surface area contributed by atoms with Gasteiger partial charge in [-0.25, -0.2) is 0 Å². The quantitative estimate of drug-likeness (QED) is 0.665. The smallest absolute Gasteiger partial charge is 0.445 e. The zero-order valence-electron chi connectivity index (χ0n) is 9.31. The molecule has 1 unspecified atom stereocenters. The summed E-state index contributed by atoms with van der Waals surface area (Å²) in [5.74, 6) is -0.0327. The van der Waals surface area contributed by atoms with Gasteiger partial charge in [-0.3, -0.25) is 0 Å². The van der Waals surface area contributed by atoms with Crippen molar-refractivity contribution in [1.82, 2.24) is 0 Å². The van der Waals surface area contributed by atoms with Crippen molar-refractivity contribution in [3.05, 3.63) is 29.8 Å². The molecule has 15 heavy (non-hydrogen) atoms. The van der Waals surface area contributed by atoms with E-state index in [0.717, 1.165) is 6.42 Å². The molecule has 0 spiro atoms. The van der Waals surface area contributed by atoms with Crippen LogP contribution in [0.4, 0.5) is 12.9 Å². The van der Waals surface area contributed by atoms with Gasteiger partial charge < -0.3 is 12.9 Å². The molecule has 0 aliphatic rings. The van der Waals surface area contributed by atoms with Crippen LogP contribution < -0.4 is 56.8 Å². The zero-order chi connectivity index (χ0) is 10.8. The first kappa shape index (κ1) is 15.7. The van der Waals surface area contributed by atoms with Gasteiger partial charge in [0.05, 0.1) is 0 Å². The Balaban J connectivity index is 0.00000196. The Morgan fingerprint density at radius 2 is 1.73 bits per heavy atom. The summed E-state index contributed by atoms with van der Waals surface area (Å²) < 4.78 is 37.8. The predicted molar refractivity (Wildman–Crippen MR) is 53.9 cm³/mol. The van der Waals surface area contributed by atoms with Crippen LogP contribution in [0, 0.1) is 0 Å². The van der Waals surface area contributed by atoms with Gasteiger partial charge in [-0.2, -0.15) is 0 Å². The number of benzene rings is 1. The minimum atomic E-state index is -4.88. The number of hydrogen-bond acceptors (Lipinski definition) is 0. The standard InChI is InChI=1S/C10H13BF3.K/c1-3-8(2)9-6-4-5-7-10(9)11(12,13)14;/h4-8H,3H2,1-2H3;/q-1;+1. The zero-order valence-corrected chi connectivity index (χ0v) is 12.4. The first-order chi connectivity index (χ1) is 6.46. The monoisotopic (exact) mass is 240 g/mol. The van der Waals surface area contributed by atoms with Crippen LogP contribution in [-0.4, -0.2) is 6.98 Å². The van der Waals surface area contributed by atoms with Crippen LogP contribution in [0.5, 0.6) is 0 Å². The maximum atomic E-state index is 12.6. The summed E-state index contributed by atoms with van der Waals surface area (Å²) >= 11 is 0. The minimum Gasteiger partial charge on any atom is -0.445 e. The van der Waals surface area contributed by atoms with Gasteiger partial charge in [0.2, 0.25) is 0 Å². The van der Waals surface area contributed by atoms with Crippen LogP contribution in [0.1, 0.15) is 31.7 Å². The van der Waals surface area contributed by atoms with Crippen molar-refractivity contribution >= 4 is 12.4 Å².